The number of carboxylic acids is 1. The minimum Gasteiger partial charge on any atom is -0.481 e. The third-order valence-electron chi connectivity index (χ3n) is 12.4. The van der Waals surface area contributed by atoms with E-state index in [4.69, 9.17) is 0 Å². The van der Waals surface area contributed by atoms with Crippen LogP contribution < -0.4 is 4.72 Å². The molecule has 1 heterocycles. The van der Waals surface area contributed by atoms with Gasteiger partial charge in [-0.2, -0.15) is 0 Å². The second-order valence-corrected chi connectivity index (χ2v) is 15.9. The van der Waals surface area contributed by atoms with Gasteiger partial charge in [0, 0.05) is 24.0 Å². The van der Waals surface area contributed by atoms with Crippen molar-refractivity contribution in [2.45, 2.75) is 102 Å². The number of sulfonamides is 1. The summed E-state index contributed by atoms with van der Waals surface area (Å²) in [5.41, 5.74) is 1.15. The summed E-state index contributed by atoms with van der Waals surface area (Å²) in [5.74, 6) is 3.21. The van der Waals surface area contributed by atoms with Gasteiger partial charge in [-0.3, -0.25) is 9.78 Å². The molecule has 6 nitrogen and oxygen atoms in total. The van der Waals surface area contributed by atoms with Crippen molar-refractivity contribution in [1.82, 2.24) is 9.71 Å². The SMILES string of the molecule is C[C@H](CCC(=O)O)C1CCC2C3CC[C@@H]4C[C@H](NS(=O)(=O)c5cccc6cccnc56)CC[C@]4(C)C3CC[C@@]21C. The number of pyridine rings is 1. The van der Waals surface area contributed by atoms with Crippen LogP contribution in [0.2, 0.25) is 0 Å². The van der Waals surface area contributed by atoms with Gasteiger partial charge in [-0.15, -0.1) is 0 Å². The van der Waals surface area contributed by atoms with E-state index in [1.165, 1.54) is 38.5 Å². The Balaban J connectivity index is 1.15. The molecule has 0 aliphatic heterocycles. The minimum atomic E-state index is -3.66. The van der Waals surface area contributed by atoms with Gasteiger partial charge in [0.15, 0.2) is 0 Å². The molecule has 4 aliphatic carbocycles. The minimum absolute atomic E-state index is 0.0293. The summed E-state index contributed by atoms with van der Waals surface area (Å²) in [5, 5.41) is 10.1. The lowest BCUT2D eigenvalue weighted by molar-refractivity contribution is -0.137. The lowest BCUT2D eigenvalue weighted by Crippen LogP contribution is -2.55. The second-order valence-electron chi connectivity index (χ2n) is 14.2. The summed E-state index contributed by atoms with van der Waals surface area (Å²) in [4.78, 5) is 15.9. The Kier molecular flexibility index (Phi) is 7.30. The fraction of sp³-hybridized carbons (Fsp3) is 0.697. The Hall–Kier alpha value is -1.99. The number of para-hydroxylation sites is 1. The highest BCUT2D eigenvalue weighted by Crippen LogP contribution is 2.68. The highest BCUT2D eigenvalue weighted by molar-refractivity contribution is 7.89. The van der Waals surface area contributed by atoms with Crippen molar-refractivity contribution in [1.29, 1.82) is 0 Å². The molecule has 1 aromatic carbocycles. The summed E-state index contributed by atoms with van der Waals surface area (Å²) in [6, 6.07) is 9.10. The van der Waals surface area contributed by atoms with Crippen LogP contribution in [0.3, 0.4) is 0 Å². The number of aliphatic carboxylic acids is 1. The van der Waals surface area contributed by atoms with E-state index in [9.17, 15) is 18.3 Å². The van der Waals surface area contributed by atoms with Gasteiger partial charge in [-0.1, -0.05) is 39.0 Å². The first kappa shape index (κ1) is 28.1. The second kappa shape index (κ2) is 10.4. The number of rotatable bonds is 7. The molecule has 0 saturated heterocycles. The molecule has 4 aliphatic rings. The summed E-state index contributed by atoms with van der Waals surface area (Å²) in [6.45, 7) is 7.35. The first-order valence-corrected chi connectivity index (χ1v) is 17.1. The van der Waals surface area contributed by atoms with Crippen molar-refractivity contribution in [3.8, 4) is 0 Å². The van der Waals surface area contributed by atoms with E-state index in [0.29, 0.717) is 28.7 Å². The van der Waals surface area contributed by atoms with Crippen molar-refractivity contribution in [2.75, 3.05) is 0 Å². The highest BCUT2D eigenvalue weighted by atomic mass is 32.2. The fourth-order valence-corrected chi connectivity index (χ4v) is 11.9. The first-order chi connectivity index (χ1) is 19.0. The number of nitrogens with one attached hydrogen (secondary N) is 1. The standard InChI is InChI=1S/C33H46N2O4S/c1-21(9-14-30(36)37)26-12-13-27-25-11-10-23-20-24(15-17-32(23,2)28(25)16-18-33(26,27)3)35-40(38,39)29-8-4-6-22-7-5-19-34-31(22)29/h4-8,19,21,23-28,35H,9-18,20H2,1-3H3,(H,36,37)/t21-,23-,24-,25?,26?,27?,28?,32+,33-/m1/s1. The van der Waals surface area contributed by atoms with Crippen LogP contribution in [0.1, 0.15) is 91.4 Å². The van der Waals surface area contributed by atoms with Crippen LogP contribution in [0.25, 0.3) is 10.9 Å². The molecular formula is C33H46N2O4S. The highest BCUT2D eigenvalue weighted by Gasteiger charge is 2.60. The lowest BCUT2D eigenvalue weighted by Gasteiger charge is -2.61. The fourth-order valence-electron chi connectivity index (χ4n) is 10.5. The van der Waals surface area contributed by atoms with Gasteiger partial charge >= 0.3 is 5.97 Å². The Morgan fingerprint density at radius 2 is 1.77 bits per heavy atom. The Labute approximate surface area is 239 Å². The molecule has 4 unspecified atom stereocenters. The van der Waals surface area contributed by atoms with E-state index in [-0.39, 0.29) is 22.8 Å². The van der Waals surface area contributed by atoms with Crippen molar-refractivity contribution in [2.24, 2.45) is 46.3 Å². The molecule has 4 fully saturated rings. The molecule has 7 heteroatoms. The van der Waals surface area contributed by atoms with Gasteiger partial charge in [0.2, 0.25) is 10.0 Å². The molecule has 4 saturated carbocycles. The topological polar surface area (TPSA) is 96.4 Å². The molecule has 0 bridgehead atoms. The van der Waals surface area contributed by atoms with Gasteiger partial charge in [0.1, 0.15) is 4.90 Å². The van der Waals surface area contributed by atoms with Crippen LogP contribution in [-0.4, -0.2) is 30.5 Å². The Morgan fingerprint density at radius 3 is 2.58 bits per heavy atom. The van der Waals surface area contributed by atoms with E-state index in [1.54, 1.807) is 18.3 Å². The number of hydrogen-bond acceptors (Lipinski definition) is 4. The molecule has 40 heavy (non-hydrogen) atoms. The number of carboxylic acid groups (broad SMARTS) is 1. The quantitative estimate of drug-likeness (QED) is 0.375. The average molecular weight is 567 g/mol. The number of aromatic nitrogens is 1. The van der Waals surface area contributed by atoms with E-state index in [1.807, 2.05) is 18.2 Å². The van der Waals surface area contributed by atoms with Crippen molar-refractivity contribution in [3.63, 3.8) is 0 Å². The summed E-state index contributed by atoms with van der Waals surface area (Å²) >= 11 is 0. The van der Waals surface area contributed by atoms with E-state index in [0.717, 1.165) is 48.8 Å². The average Bonchev–Trinajstić information content (AvgIpc) is 3.28. The molecule has 9 atom stereocenters. The predicted octanol–water partition coefficient (Wildman–Crippen LogP) is 7.04. The van der Waals surface area contributed by atoms with Crippen LogP contribution in [0.15, 0.2) is 41.4 Å². The number of carbonyl (C=O) groups is 1. The zero-order chi connectivity index (χ0) is 28.3. The molecule has 0 spiro atoms. The lowest BCUT2D eigenvalue weighted by atomic mass is 9.44. The molecule has 6 rings (SSSR count). The smallest absolute Gasteiger partial charge is 0.303 e. The molecule has 2 aromatic rings. The largest absolute Gasteiger partial charge is 0.481 e. The Morgan fingerprint density at radius 1 is 1.02 bits per heavy atom. The van der Waals surface area contributed by atoms with Crippen LogP contribution in [0, 0.1) is 46.3 Å². The summed E-state index contributed by atoms with van der Waals surface area (Å²) < 4.78 is 30.2. The number of hydrogen-bond donors (Lipinski definition) is 2. The number of nitrogens with zero attached hydrogens (tertiary/aromatic N) is 1. The molecule has 0 radical (unpaired) electrons. The van der Waals surface area contributed by atoms with Crippen molar-refractivity contribution >= 4 is 26.9 Å². The Bertz CT molecular complexity index is 1370. The molecule has 0 amide bonds. The third kappa shape index (κ3) is 4.69. The summed E-state index contributed by atoms with van der Waals surface area (Å²) in [7, 11) is -3.66. The van der Waals surface area contributed by atoms with Gasteiger partial charge in [0.05, 0.1) is 5.52 Å². The van der Waals surface area contributed by atoms with Gasteiger partial charge in [-0.05, 0) is 123 Å². The zero-order valence-electron chi connectivity index (χ0n) is 24.3. The van der Waals surface area contributed by atoms with Gasteiger partial charge in [0.25, 0.3) is 0 Å². The monoisotopic (exact) mass is 566 g/mol. The van der Waals surface area contributed by atoms with Crippen molar-refractivity contribution in [3.05, 3.63) is 36.5 Å². The van der Waals surface area contributed by atoms with E-state index >= 15 is 0 Å². The molecule has 2 N–H and O–H groups in total. The maximum Gasteiger partial charge on any atom is 0.303 e. The summed E-state index contributed by atoms with van der Waals surface area (Å²) in [6.07, 6.45) is 13.2. The molecule has 218 valence electrons. The van der Waals surface area contributed by atoms with Crippen LogP contribution >= 0.6 is 0 Å². The van der Waals surface area contributed by atoms with Crippen LogP contribution in [-0.2, 0) is 14.8 Å². The van der Waals surface area contributed by atoms with Crippen molar-refractivity contribution < 1.29 is 18.3 Å². The zero-order valence-corrected chi connectivity index (χ0v) is 25.1. The van der Waals surface area contributed by atoms with Gasteiger partial charge < -0.3 is 5.11 Å². The molecular weight excluding hydrogens is 520 g/mol. The number of benzene rings is 1. The van der Waals surface area contributed by atoms with Gasteiger partial charge in [-0.25, -0.2) is 13.1 Å². The van der Waals surface area contributed by atoms with E-state index < -0.39 is 16.0 Å². The van der Waals surface area contributed by atoms with Crippen LogP contribution in [0.5, 0.6) is 0 Å². The molecule has 1 aromatic heterocycles. The maximum atomic E-state index is 13.5. The van der Waals surface area contributed by atoms with Crippen LogP contribution in [0.4, 0.5) is 0 Å². The maximum absolute atomic E-state index is 13.5. The third-order valence-corrected chi connectivity index (χ3v) is 14.0. The van der Waals surface area contributed by atoms with E-state index in [2.05, 4.69) is 30.5 Å². The predicted molar refractivity (Wildman–Crippen MR) is 157 cm³/mol. The first-order valence-electron chi connectivity index (χ1n) is 15.6. The number of fused-ring (bicyclic) bond motifs is 6. The normalized spacial score (nSPS) is 38.3.